The molecule has 9 nitrogen and oxygen atoms in total. The maximum atomic E-state index is 12.8. The second-order valence-electron chi connectivity index (χ2n) is 7.69. The van der Waals surface area contributed by atoms with E-state index in [4.69, 9.17) is 4.74 Å². The zero-order valence-electron chi connectivity index (χ0n) is 17.8. The Kier molecular flexibility index (Phi) is 9.70. The van der Waals surface area contributed by atoms with E-state index in [1.807, 2.05) is 6.92 Å². The molecule has 1 aliphatic rings. The van der Waals surface area contributed by atoms with Gasteiger partial charge in [-0.3, -0.25) is 29.5 Å². The van der Waals surface area contributed by atoms with Crippen molar-refractivity contribution in [2.45, 2.75) is 59.1 Å². The van der Waals surface area contributed by atoms with Gasteiger partial charge in [-0.05, 0) is 41.0 Å². The van der Waals surface area contributed by atoms with Gasteiger partial charge in [0.15, 0.2) is 0 Å². The number of imide groups is 1. The third-order valence-corrected chi connectivity index (χ3v) is 3.89. The molecule has 1 rings (SSSR count). The molecule has 0 aliphatic carbocycles. The zero-order valence-corrected chi connectivity index (χ0v) is 17.8. The summed E-state index contributed by atoms with van der Waals surface area (Å²) in [6.07, 6.45) is 5.59. The number of hydrogen-bond acceptors (Lipinski definition) is 7. The number of nitrogens with one attached hydrogen (secondary N) is 3. The van der Waals surface area contributed by atoms with E-state index in [2.05, 4.69) is 16.1 Å². The van der Waals surface area contributed by atoms with E-state index in [9.17, 15) is 19.2 Å². The first-order valence-corrected chi connectivity index (χ1v) is 9.68. The summed E-state index contributed by atoms with van der Waals surface area (Å²) in [4.78, 5) is 48.2. The Morgan fingerprint density at radius 2 is 1.97 bits per heavy atom. The summed E-state index contributed by atoms with van der Waals surface area (Å²) in [6.45, 7) is 9.56. The maximum Gasteiger partial charge on any atom is 0.320 e. The van der Waals surface area contributed by atoms with Crippen LogP contribution in [-0.2, 0) is 23.9 Å². The highest BCUT2D eigenvalue weighted by atomic mass is 16.6. The average Bonchev–Trinajstić information content (AvgIpc) is 2.61. The van der Waals surface area contributed by atoms with Crippen LogP contribution in [0.1, 0.15) is 47.5 Å². The lowest BCUT2D eigenvalue weighted by atomic mass is 10.0. The first-order chi connectivity index (χ1) is 13.5. The van der Waals surface area contributed by atoms with Gasteiger partial charge in [-0.25, -0.2) is 5.43 Å². The molecule has 0 aromatic heterocycles. The molecule has 1 unspecified atom stereocenters. The third kappa shape index (κ3) is 9.01. The predicted octanol–water partition coefficient (Wildman–Crippen LogP) is 0.579. The molecule has 0 spiro atoms. The molecule has 0 aromatic rings. The first-order valence-electron chi connectivity index (χ1n) is 9.68. The average molecular weight is 408 g/mol. The normalized spacial score (nSPS) is 18.0. The number of hydrazine groups is 1. The van der Waals surface area contributed by atoms with Crippen molar-refractivity contribution in [3.05, 3.63) is 23.8 Å². The van der Waals surface area contributed by atoms with Crippen molar-refractivity contribution in [1.82, 2.24) is 21.1 Å². The van der Waals surface area contributed by atoms with Crippen LogP contribution in [0.2, 0.25) is 0 Å². The minimum Gasteiger partial charge on any atom is -0.459 e. The summed E-state index contributed by atoms with van der Waals surface area (Å²) in [6, 6.07) is -0.792. The van der Waals surface area contributed by atoms with Crippen molar-refractivity contribution in [2.24, 2.45) is 0 Å². The Morgan fingerprint density at radius 1 is 1.28 bits per heavy atom. The van der Waals surface area contributed by atoms with Gasteiger partial charge in [-0.2, -0.15) is 0 Å². The lowest BCUT2D eigenvalue weighted by molar-refractivity contribution is -0.153. The van der Waals surface area contributed by atoms with E-state index in [0.29, 0.717) is 18.7 Å². The fourth-order valence-corrected chi connectivity index (χ4v) is 2.59. The quantitative estimate of drug-likeness (QED) is 0.128. The van der Waals surface area contributed by atoms with Crippen LogP contribution in [-0.4, -0.2) is 60.0 Å². The minimum absolute atomic E-state index is 0.0333. The molecule has 1 aliphatic heterocycles. The summed E-state index contributed by atoms with van der Waals surface area (Å²) in [5, 5.41) is 6.45. The Bertz CT molecular complexity index is 679. The van der Waals surface area contributed by atoms with Gasteiger partial charge in [-0.15, -0.1) is 0 Å². The van der Waals surface area contributed by atoms with Gasteiger partial charge in [0.2, 0.25) is 5.91 Å². The Balaban J connectivity index is 2.68. The fourth-order valence-electron chi connectivity index (χ4n) is 2.59. The molecule has 3 amide bonds. The Hall–Kier alpha value is -2.52. The van der Waals surface area contributed by atoms with Crippen LogP contribution >= 0.6 is 0 Å². The highest BCUT2D eigenvalue weighted by molar-refractivity contribution is 6.03. The number of carbonyl (C=O) groups is 4. The van der Waals surface area contributed by atoms with Crippen molar-refractivity contribution < 1.29 is 23.9 Å². The second kappa shape index (κ2) is 11.5. The SMILES string of the molecule is C/C=C\C=C(/C)C(=O)N(NCCNCC(=O)OC(C)(C)C)C1CCC(=O)NC1=O. The lowest BCUT2D eigenvalue weighted by Crippen LogP contribution is -2.59. The molecular weight excluding hydrogens is 376 g/mol. The van der Waals surface area contributed by atoms with Crippen molar-refractivity contribution in [2.75, 3.05) is 19.6 Å². The molecular formula is C20H32N4O5. The number of esters is 1. The van der Waals surface area contributed by atoms with Crippen LogP contribution in [0.25, 0.3) is 0 Å². The van der Waals surface area contributed by atoms with E-state index in [-0.39, 0.29) is 37.2 Å². The smallest absolute Gasteiger partial charge is 0.320 e. The van der Waals surface area contributed by atoms with Crippen molar-refractivity contribution in [3.63, 3.8) is 0 Å². The van der Waals surface area contributed by atoms with Gasteiger partial charge in [0, 0.05) is 25.1 Å². The van der Waals surface area contributed by atoms with Gasteiger partial charge in [0.25, 0.3) is 11.8 Å². The summed E-state index contributed by atoms with van der Waals surface area (Å²) in [5.74, 6) is -1.59. The summed E-state index contributed by atoms with van der Waals surface area (Å²) < 4.78 is 5.21. The molecule has 0 aromatic carbocycles. The summed E-state index contributed by atoms with van der Waals surface area (Å²) in [7, 11) is 0. The molecule has 162 valence electrons. The lowest BCUT2D eigenvalue weighted by Gasteiger charge is -2.33. The molecule has 9 heteroatoms. The highest BCUT2D eigenvalue weighted by Crippen LogP contribution is 2.13. The zero-order chi connectivity index (χ0) is 22.0. The van der Waals surface area contributed by atoms with Crippen LogP contribution in [0.4, 0.5) is 0 Å². The monoisotopic (exact) mass is 408 g/mol. The Morgan fingerprint density at radius 3 is 2.55 bits per heavy atom. The van der Waals surface area contributed by atoms with E-state index < -0.39 is 17.6 Å². The van der Waals surface area contributed by atoms with Crippen molar-refractivity contribution >= 4 is 23.7 Å². The molecule has 3 N–H and O–H groups in total. The molecule has 1 atom stereocenters. The van der Waals surface area contributed by atoms with E-state index >= 15 is 0 Å². The Labute approximate surface area is 171 Å². The molecule has 29 heavy (non-hydrogen) atoms. The van der Waals surface area contributed by atoms with Crippen LogP contribution in [0.3, 0.4) is 0 Å². The van der Waals surface area contributed by atoms with Crippen molar-refractivity contribution in [1.29, 1.82) is 0 Å². The largest absolute Gasteiger partial charge is 0.459 e. The maximum absolute atomic E-state index is 12.8. The first kappa shape index (κ1) is 24.5. The van der Waals surface area contributed by atoms with E-state index in [1.165, 1.54) is 5.01 Å². The molecule has 0 radical (unpaired) electrons. The number of nitrogens with zero attached hydrogens (tertiary/aromatic N) is 1. The predicted molar refractivity (Wildman–Crippen MR) is 108 cm³/mol. The minimum atomic E-state index is -0.792. The van der Waals surface area contributed by atoms with Gasteiger partial charge in [-0.1, -0.05) is 18.2 Å². The molecule has 0 saturated carbocycles. The number of allylic oxidation sites excluding steroid dienone is 3. The fraction of sp³-hybridized carbons (Fsp3) is 0.600. The summed E-state index contributed by atoms with van der Waals surface area (Å²) >= 11 is 0. The summed E-state index contributed by atoms with van der Waals surface area (Å²) in [5.41, 5.74) is 2.84. The van der Waals surface area contributed by atoms with Crippen LogP contribution in [0.5, 0.6) is 0 Å². The molecule has 1 heterocycles. The topological polar surface area (TPSA) is 117 Å². The number of hydrogen-bond donors (Lipinski definition) is 3. The number of carbonyl (C=O) groups excluding carboxylic acids is 4. The standard InChI is InChI=1S/C20H32N4O5/c1-6-7-8-14(2)19(28)24(15-9-10-16(25)23-18(15)27)22-12-11-21-13-17(26)29-20(3,4)5/h6-8,15,21-22H,9-13H2,1-5H3,(H,23,25,27)/b7-6-,14-8+. The van der Waals surface area contributed by atoms with E-state index in [1.54, 1.807) is 45.9 Å². The number of rotatable bonds is 9. The van der Waals surface area contributed by atoms with Crippen LogP contribution in [0, 0.1) is 0 Å². The third-order valence-electron chi connectivity index (χ3n) is 3.89. The van der Waals surface area contributed by atoms with Crippen molar-refractivity contribution in [3.8, 4) is 0 Å². The number of amides is 3. The van der Waals surface area contributed by atoms with Gasteiger partial charge in [0.05, 0.1) is 6.54 Å². The number of piperidine rings is 1. The van der Waals surface area contributed by atoms with E-state index in [0.717, 1.165) is 0 Å². The van der Waals surface area contributed by atoms with Gasteiger partial charge < -0.3 is 10.1 Å². The molecule has 1 saturated heterocycles. The second-order valence-corrected chi connectivity index (χ2v) is 7.69. The number of ether oxygens (including phenoxy) is 1. The highest BCUT2D eigenvalue weighted by Gasteiger charge is 2.34. The molecule has 1 fully saturated rings. The van der Waals surface area contributed by atoms with Gasteiger partial charge >= 0.3 is 5.97 Å². The van der Waals surface area contributed by atoms with Gasteiger partial charge in [0.1, 0.15) is 11.6 Å². The van der Waals surface area contributed by atoms with Crippen LogP contribution < -0.4 is 16.1 Å². The van der Waals surface area contributed by atoms with Crippen LogP contribution in [0.15, 0.2) is 23.8 Å². The molecule has 0 bridgehead atoms.